The molecule has 1 saturated carbocycles. The maximum atomic E-state index is 14.0. The molecule has 3 heterocycles. The van der Waals surface area contributed by atoms with Crippen molar-refractivity contribution in [3.05, 3.63) is 68.4 Å². The number of rotatable bonds is 10. The van der Waals surface area contributed by atoms with Crippen molar-refractivity contribution in [3.63, 3.8) is 0 Å². The van der Waals surface area contributed by atoms with E-state index in [0.717, 1.165) is 17.4 Å². The molecule has 13 nitrogen and oxygen atoms in total. The molecule has 1 aliphatic carbocycles. The van der Waals surface area contributed by atoms with Crippen LogP contribution in [0.2, 0.25) is 0 Å². The average Bonchev–Trinajstić information content (AvgIpc) is 3.70. The third-order valence-electron chi connectivity index (χ3n) is 7.98. The minimum atomic E-state index is -1.48. The Morgan fingerprint density at radius 2 is 1.84 bits per heavy atom. The zero-order valence-corrected chi connectivity index (χ0v) is 30.0. The number of thiophene rings is 1. The number of carbonyl (C=O) groups is 2. The van der Waals surface area contributed by atoms with Crippen molar-refractivity contribution in [1.82, 2.24) is 29.4 Å². The van der Waals surface area contributed by atoms with Gasteiger partial charge in [-0.3, -0.25) is 19.0 Å². The number of hydrogen-bond acceptors (Lipinski definition) is 10. The Morgan fingerprint density at radius 1 is 1.18 bits per heavy atom. The molecule has 0 unspecified atom stereocenters. The number of aromatic nitrogens is 5. The number of carbonyl (C=O) groups excluding carboxylic acids is 2. The lowest BCUT2D eigenvalue weighted by Crippen LogP contribution is -2.56. The maximum absolute atomic E-state index is 14.0. The smallest absolute Gasteiger partial charge is 0.333 e. The highest BCUT2D eigenvalue weighted by molar-refractivity contribution is 7.21. The largest absolute Gasteiger partial charge is 0.496 e. The fourth-order valence-electron chi connectivity index (χ4n) is 5.40. The predicted octanol–water partition coefficient (Wildman–Crippen LogP) is 4.25. The first-order valence-corrected chi connectivity index (χ1v) is 17.1. The molecule has 4 aromatic rings. The van der Waals surface area contributed by atoms with E-state index in [9.17, 15) is 23.6 Å². The number of benzene rings is 1. The van der Waals surface area contributed by atoms with E-state index in [1.807, 2.05) is 0 Å². The number of aliphatic hydroxyl groups excluding tert-OH is 1. The topological polar surface area (TPSA) is 160 Å². The van der Waals surface area contributed by atoms with Crippen molar-refractivity contribution in [1.29, 1.82) is 0 Å². The highest BCUT2D eigenvalue weighted by Gasteiger charge is 2.35. The van der Waals surface area contributed by atoms with Crippen LogP contribution in [-0.4, -0.2) is 67.5 Å². The zero-order valence-electron chi connectivity index (χ0n) is 29.2. The molecule has 2 N–H and O–H groups in total. The van der Waals surface area contributed by atoms with Crippen molar-refractivity contribution >= 4 is 33.9 Å². The lowest BCUT2D eigenvalue weighted by molar-refractivity contribution is -0.129. The number of hydrogen-bond donors (Lipinski definition) is 2. The number of ether oxygens (including phenoxy) is 2. The van der Waals surface area contributed by atoms with Crippen LogP contribution in [0.3, 0.4) is 0 Å². The third-order valence-corrected chi connectivity index (χ3v) is 9.26. The van der Waals surface area contributed by atoms with Crippen molar-refractivity contribution in [3.8, 4) is 10.8 Å². The van der Waals surface area contributed by atoms with E-state index in [0.29, 0.717) is 45.2 Å². The summed E-state index contributed by atoms with van der Waals surface area (Å²) in [5.74, 6) is -0.399. The van der Waals surface area contributed by atoms with E-state index in [1.165, 1.54) is 91.5 Å². The van der Waals surface area contributed by atoms with Crippen LogP contribution in [0.1, 0.15) is 77.8 Å². The van der Waals surface area contributed by atoms with E-state index in [1.54, 1.807) is 27.7 Å². The standard InChI is InChI=1S/C25H29FN6O4S.C6H12O.C3H6O2/c1-14(2)29-23(34)25(4,5)31-20(33)19-15(3)21(32-27-10-11-28-32)37-22(19)30(24(31)35)12-9-16-13-17(26)7-8-18(16)36-6;7-6-4-2-1-3-5-6;1-2-5-3-4/h7-8,10-11,13-14H,9,12H2,1-6H3,(H,29,34);6-7H,1-5H2;3H,2H2,1H3. The molecule has 1 fully saturated rings. The number of amides is 1. The van der Waals surface area contributed by atoms with Crippen LogP contribution in [0.5, 0.6) is 5.75 Å². The lowest BCUT2D eigenvalue weighted by atomic mass is 9.98. The van der Waals surface area contributed by atoms with Gasteiger partial charge in [0.25, 0.3) is 12.0 Å². The highest BCUT2D eigenvalue weighted by atomic mass is 32.1. The van der Waals surface area contributed by atoms with Gasteiger partial charge in [0.15, 0.2) is 0 Å². The fraction of sp³-hybridized carbons (Fsp3) is 0.529. The number of methoxy groups -OCH3 is 1. The summed E-state index contributed by atoms with van der Waals surface area (Å²) in [6.07, 6.45) is 9.21. The van der Waals surface area contributed by atoms with E-state index in [-0.39, 0.29) is 25.1 Å². The van der Waals surface area contributed by atoms with Gasteiger partial charge in [0.1, 0.15) is 26.9 Å². The van der Waals surface area contributed by atoms with Gasteiger partial charge in [0.05, 0.1) is 37.6 Å². The number of aryl methyl sites for hydroxylation is 3. The van der Waals surface area contributed by atoms with Crippen LogP contribution in [0.15, 0.2) is 40.2 Å². The van der Waals surface area contributed by atoms with Crippen LogP contribution in [0, 0.1) is 12.7 Å². The quantitative estimate of drug-likeness (QED) is 0.230. The van der Waals surface area contributed by atoms with E-state index in [2.05, 4.69) is 20.3 Å². The highest BCUT2D eigenvalue weighted by Crippen LogP contribution is 2.31. The SMILES string of the molecule is CCOC=O.COc1ccc(F)cc1CCn1c(=O)n(C(C)(C)C(=O)NC(C)C)c(=O)c2c(C)c(-n3nccn3)sc21.OC1CCCCC1. The molecule has 0 bridgehead atoms. The first kappa shape index (κ1) is 39.1. The van der Waals surface area contributed by atoms with E-state index >= 15 is 0 Å². The maximum Gasteiger partial charge on any atom is 0.333 e. The number of fused-ring (bicyclic) bond motifs is 1. The van der Waals surface area contributed by atoms with E-state index < -0.39 is 28.5 Å². The van der Waals surface area contributed by atoms with Crippen molar-refractivity contribution < 1.29 is 28.6 Å². The van der Waals surface area contributed by atoms with Gasteiger partial charge in [-0.2, -0.15) is 10.2 Å². The molecule has 0 aliphatic heterocycles. The summed E-state index contributed by atoms with van der Waals surface area (Å²) in [5.41, 5.74) is -1.54. The second kappa shape index (κ2) is 17.9. The van der Waals surface area contributed by atoms with Gasteiger partial charge in [0.2, 0.25) is 5.91 Å². The Labute approximate surface area is 288 Å². The van der Waals surface area contributed by atoms with Crippen LogP contribution in [0.25, 0.3) is 15.2 Å². The van der Waals surface area contributed by atoms with Gasteiger partial charge in [-0.25, -0.2) is 13.8 Å². The van der Waals surface area contributed by atoms with Gasteiger partial charge < -0.3 is 19.9 Å². The van der Waals surface area contributed by atoms with Crippen LogP contribution < -0.4 is 21.3 Å². The molecule has 1 amide bonds. The zero-order chi connectivity index (χ0) is 36.3. The molecule has 0 spiro atoms. The third kappa shape index (κ3) is 9.63. The van der Waals surface area contributed by atoms with Crippen LogP contribution in [0.4, 0.5) is 4.39 Å². The summed E-state index contributed by atoms with van der Waals surface area (Å²) in [4.78, 5) is 51.8. The monoisotopic (exact) mass is 702 g/mol. The Kier molecular flexibility index (Phi) is 14.2. The molecule has 5 rings (SSSR count). The number of aliphatic hydroxyl groups is 1. The summed E-state index contributed by atoms with van der Waals surface area (Å²) >= 11 is 1.20. The van der Waals surface area contributed by atoms with Gasteiger partial charge in [-0.1, -0.05) is 30.6 Å². The molecular formula is C34H47FN6O7S. The Bertz CT molecular complexity index is 1810. The minimum Gasteiger partial charge on any atom is -0.496 e. The number of nitrogens with zero attached hydrogens (tertiary/aromatic N) is 5. The normalized spacial score (nSPS) is 13.3. The van der Waals surface area contributed by atoms with Gasteiger partial charge in [-0.05, 0) is 84.6 Å². The molecular weight excluding hydrogens is 655 g/mol. The van der Waals surface area contributed by atoms with Gasteiger partial charge >= 0.3 is 5.69 Å². The second-order valence-corrected chi connectivity index (χ2v) is 13.3. The summed E-state index contributed by atoms with van der Waals surface area (Å²) in [6, 6.07) is 4.00. The first-order chi connectivity index (χ1) is 23.3. The van der Waals surface area contributed by atoms with Gasteiger partial charge in [-0.15, -0.1) is 4.80 Å². The number of nitrogens with one attached hydrogen (secondary N) is 1. The summed E-state index contributed by atoms with van der Waals surface area (Å²) in [5, 5.41) is 20.9. The average molecular weight is 703 g/mol. The predicted molar refractivity (Wildman–Crippen MR) is 186 cm³/mol. The molecule has 268 valence electrons. The van der Waals surface area contributed by atoms with Crippen molar-refractivity contribution in [2.24, 2.45) is 0 Å². The molecule has 1 aliphatic rings. The fourth-order valence-corrected chi connectivity index (χ4v) is 6.64. The Balaban J connectivity index is 0.000000458. The number of halogens is 1. The van der Waals surface area contributed by atoms with Crippen LogP contribution >= 0.6 is 11.3 Å². The molecule has 1 aromatic carbocycles. The molecule has 0 radical (unpaired) electrons. The Morgan fingerprint density at radius 3 is 2.35 bits per heavy atom. The van der Waals surface area contributed by atoms with Crippen molar-refractivity contribution in [2.45, 2.75) is 104 Å². The van der Waals surface area contributed by atoms with Crippen LogP contribution in [-0.2, 0) is 32.8 Å². The van der Waals surface area contributed by atoms with E-state index in [4.69, 9.17) is 9.84 Å². The van der Waals surface area contributed by atoms with Crippen molar-refractivity contribution in [2.75, 3.05) is 13.7 Å². The molecule has 3 aromatic heterocycles. The minimum absolute atomic E-state index is 0.0359. The summed E-state index contributed by atoms with van der Waals surface area (Å²) in [7, 11) is 1.49. The molecule has 0 atom stereocenters. The first-order valence-electron chi connectivity index (χ1n) is 16.3. The molecule has 49 heavy (non-hydrogen) atoms. The lowest BCUT2D eigenvalue weighted by Gasteiger charge is -2.27. The van der Waals surface area contributed by atoms with Gasteiger partial charge in [0, 0.05) is 18.2 Å². The molecule has 15 heteroatoms. The Hall–Kier alpha value is -4.37. The summed E-state index contributed by atoms with van der Waals surface area (Å²) < 4.78 is 26.0. The molecule has 0 saturated heterocycles. The summed E-state index contributed by atoms with van der Waals surface area (Å²) in [6.45, 7) is 11.2. The second-order valence-electron chi connectivity index (χ2n) is 12.3.